The fraction of sp³-hybridized carbons (Fsp3) is 0.160. The number of allylic oxidation sites excluding steroid dienone is 1. The van der Waals surface area contributed by atoms with Crippen molar-refractivity contribution in [1.82, 2.24) is 55.2 Å². The Hall–Kier alpha value is -14.1. The van der Waals surface area contributed by atoms with Gasteiger partial charge in [0.25, 0.3) is 0 Å². The molecule has 0 atom stereocenters. The van der Waals surface area contributed by atoms with Crippen molar-refractivity contribution in [2.24, 2.45) is 5.73 Å². The van der Waals surface area contributed by atoms with Crippen LogP contribution in [0.4, 0.5) is 33.8 Å². The molecule has 0 aliphatic rings. The van der Waals surface area contributed by atoms with Gasteiger partial charge in [-0.2, -0.15) is 25.2 Å². The van der Waals surface area contributed by atoms with E-state index in [1.165, 1.54) is 35.3 Å². The number of aliphatic hydroxyl groups is 2. The zero-order valence-electron chi connectivity index (χ0n) is 60.6. The fourth-order valence-electron chi connectivity index (χ4n) is 11.4. The van der Waals surface area contributed by atoms with Gasteiger partial charge in [0.05, 0.1) is 65.0 Å². The number of carbonyl (C=O) groups is 2. The molecule has 9 heterocycles. The topological polar surface area (TPSA) is 404 Å². The van der Waals surface area contributed by atoms with Crippen LogP contribution in [0.2, 0.25) is 0 Å². The van der Waals surface area contributed by atoms with Gasteiger partial charge in [0.15, 0.2) is 23.3 Å². The second-order valence-electron chi connectivity index (χ2n) is 25.1. The molecule has 564 valence electrons. The number of furan rings is 3. The van der Waals surface area contributed by atoms with Crippen LogP contribution >= 0.6 is 22.7 Å². The molecule has 29 nitrogen and oxygen atoms in total. The number of H-pyrrole nitrogens is 2. The number of hydrogen-bond donors (Lipinski definition) is 8. The standard InChI is InChI=1S/C35H29N9O4S.C21H17N3O2S.C13H14N6O.C12H13NO3/c1-37-27(33-41-26-5-3-4-6-29(26)49-33)17-25-16-23-15-24(11-12-28(23)48-25)44(2)13-14-46-35(45)38-18-21-7-9-22(10-8-21)19-47-32-30-31(40-20-39-30)42-34(36)43-32;1-24(8-9-25)16-7-6-14-10-17(26-19(14)12-16)11-15(13-22)21-23-18-4-2-3-5-20(18)27-21;14-5-8-1-3-9(4-2-8)6-20-12-10-11(17-7-16-10)18-13(15)19-12;1-13(4-5-14)10-3-2-9-6-11(8-15)16-12(9)7-10/h3-12,15-17,20H,13-14,18-19H2,2H3,(H,38,45)(H3,36,39,40,42,43);2-7,10-12,25H,8-9H2,1H3;1-4,7H,5-6,14H2,(H3,15,16,17,18,19);2-3,6-8,14H,4-5H2,1H3/b27-17-;15-11+;;. The number of nitriles is 1. The SMILES string of the molecule is CN(CCO)c1ccc2cc(/C=C(\C#N)c3nc4ccccc4s3)oc2c1.CN(CCO)c1ccc2cc(C=O)oc2c1.NCc1ccc(COc2nc(N)nc3nc[nH]c23)cc1.[C-]#[N+]/C(=C\c1cc2cc(N(C)CCOC(=O)NCc3ccc(COc4nc(N)nc5nc[nH]c45)cc3)ccc2o1)c1nc2ccccc2s1. The monoisotopic (exact) mass is 1540 g/mol. The van der Waals surface area contributed by atoms with Gasteiger partial charge in [-0.3, -0.25) is 4.79 Å². The summed E-state index contributed by atoms with van der Waals surface area (Å²) in [5.74, 6) is 2.47. The number of nitrogens with one attached hydrogen (secondary N) is 3. The molecular formula is C81H73N19O10S2. The van der Waals surface area contributed by atoms with Crippen LogP contribution in [0.15, 0.2) is 196 Å². The lowest BCUT2D eigenvalue weighted by atomic mass is 10.1. The Bertz CT molecular complexity index is 6060. The lowest BCUT2D eigenvalue weighted by Crippen LogP contribution is -2.28. The summed E-state index contributed by atoms with van der Waals surface area (Å²) in [7, 11) is 5.74. The summed E-state index contributed by atoms with van der Waals surface area (Å²) < 4.78 is 36.3. The van der Waals surface area contributed by atoms with Crippen molar-refractivity contribution in [3.63, 3.8) is 0 Å². The zero-order chi connectivity index (χ0) is 78.0. The fourth-order valence-corrected chi connectivity index (χ4v) is 13.3. The highest BCUT2D eigenvalue weighted by atomic mass is 32.1. The first-order valence-corrected chi connectivity index (χ1v) is 36.5. The van der Waals surface area contributed by atoms with E-state index < -0.39 is 6.09 Å². The van der Waals surface area contributed by atoms with Crippen molar-refractivity contribution in [3.05, 3.63) is 243 Å². The molecular weight excluding hydrogens is 1460 g/mol. The summed E-state index contributed by atoms with van der Waals surface area (Å²) >= 11 is 2.98. The van der Waals surface area contributed by atoms with Gasteiger partial charge in [0.1, 0.15) is 75.2 Å². The quantitative estimate of drug-likeness (QED) is 0.0158. The summed E-state index contributed by atoms with van der Waals surface area (Å²) in [6, 6.07) is 56.4. The van der Waals surface area contributed by atoms with E-state index in [0.717, 1.165) is 81.5 Å². The highest BCUT2D eigenvalue weighted by Gasteiger charge is 2.18. The Balaban J connectivity index is 0.000000145. The third-order valence-corrected chi connectivity index (χ3v) is 19.5. The molecule has 11 N–H and O–H groups in total. The van der Waals surface area contributed by atoms with E-state index in [1.54, 1.807) is 18.2 Å². The molecule has 112 heavy (non-hydrogen) atoms. The van der Waals surface area contributed by atoms with E-state index in [4.69, 9.17) is 61.4 Å². The van der Waals surface area contributed by atoms with Crippen molar-refractivity contribution < 1.29 is 47.3 Å². The predicted molar refractivity (Wildman–Crippen MR) is 435 cm³/mol. The smallest absolute Gasteiger partial charge is 0.407 e. The number of rotatable bonds is 24. The number of aromatic amines is 2. The normalized spacial score (nSPS) is 11.4. The molecule has 7 aromatic carbocycles. The molecule has 0 saturated carbocycles. The van der Waals surface area contributed by atoms with Crippen molar-refractivity contribution in [3.8, 4) is 17.8 Å². The Labute approximate surface area is 647 Å². The van der Waals surface area contributed by atoms with Crippen LogP contribution in [0.1, 0.15) is 54.3 Å². The van der Waals surface area contributed by atoms with E-state index in [2.05, 4.69) is 66.1 Å². The highest BCUT2D eigenvalue weighted by molar-refractivity contribution is 7.20. The Morgan fingerprint density at radius 2 is 1.08 bits per heavy atom. The number of likely N-dealkylation sites (N-methyl/N-ethyl adjacent to an activating group) is 3. The van der Waals surface area contributed by atoms with Gasteiger partial charge >= 0.3 is 6.09 Å². The van der Waals surface area contributed by atoms with E-state index >= 15 is 0 Å². The summed E-state index contributed by atoms with van der Waals surface area (Å²) in [5.41, 5.74) is 30.6. The van der Waals surface area contributed by atoms with E-state index in [0.29, 0.717) is 129 Å². The van der Waals surface area contributed by atoms with Gasteiger partial charge in [-0.15, -0.1) is 22.7 Å². The van der Waals surface area contributed by atoms with E-state index in [9.17, 15) is 14.9 Å². The van der Waals surface area contributed by atoms with Crippen LogP contribution in [0.3, 0.4) is 0 Å². The van der Waals surface area contributed by atoms with Crippen LogP contribution < -0.4 is 46.7 Å². The maximum absolute atomic E-state index is 12.4. The third-order valence-electron chi connectivity index (χ3n) is 17.4. The van der Waals surface area contributed by atoms with Gasteiger partial charge < -0.3 is 84.9 Å². The molecule has 16 aromatic rings. The number of nitrogens with zero attached hydrogens (tertiary/aromatic N) is 13. The molecule has 31 heteroatoms. The number of carbonyl (C=O) groups excluding carboxylic acids is 2. The molecule has 0 saturated heterocycles. The Morgan fingerprint density at radius 3 is 1.63 bits per heavy atom. The Morgan fingerprint density at radius 1 is 0.589 bits per heavy atom. The number of anilines is 5. The lowest BCUT2D eigenvalue weighted by molar-refractivity contribution is 0.110. The number of thiazole rings is 2. The van der Waals surface area contributed by atoms with E-state index in [-0.39, 0.29) is 38.3 Å². The number of aromatic nitrogens is 10. The van der Waals surface area contributed by atoms with Crippen molar-refractivity contribution in [2.45, 2.75) is 26.3 Å². The number of alkyl carbamates (subject to hydrolysis) is 1. The minimum Gasteiger partial charge on any atom is -0.471 e. The zero-order valence-corrected chi connectivity index (χ0v) is 62.3. The molecule has 0 radical (unpaired) electrons. The maximum atomic E-state index is 12.4. The molecule has 0 aliphatic carbocycles. The number of benzene rings is 7. The molecule has 16 rings (SSSR count). The average molecular weight is 1540 g/mol. The van der Waals surface area contributed by atoms with Gasteiger partial charge in [-0.05, 0) is 113 Å². The number of imidazole rings is 2. The number of amides is 1. The largest absolute Gasteiger partial charge is 0.471 e. The van der Waals surface area contributed by atoms with Crippen LogP contribution in [0.5, 0.6) is 11.8 Å². The molecule has 0 bridgehead atoms. The number of aldehydes is 1. The number of fused-ring (bicyclic) bond motifs is 7. The van der Waals surface area contributed by atoms with Gasteiger partial charge in [0, 0.05) is 98.8 Å². The minimum atomic E-state index is -0.504. The molecule has 1 amide bonds. The van der Waals surface area contributed by atoms with E-state index in [1.807, 2.05) is 200 Å². The summed E-state index contributed by atoms with van der Waals surface area (Å²) in [4.78, 5) is 71.9. The van der Waals surface area contributed by atoms with Gasteiger partial charge in [0.2, 0.25) is 29.4 Å². The Kier molecular flexibility index (Phi) is 24.3. The number of nitrogen functional groups attached to an aromatic ring is 2. The van der Waals surface area contributed by atoms with Crippen molar-refractivity contribution >= 4 is 163 Å². The first kappa shape index (κ1) is 76.1. The number of para-hydroxylation sites is 2. The number of ether oxygens (including phenoxy) is 3. The first-order valence-electron chi connectivity index (χ1n) is 34.9. The highest BCUT2D eigenvalue weighted by Crippen LogP contribution is 2.35. The van der Waals surface area contributed by atoms with Crippen molar-refractivity contribution in [2.75, 3.05) is 86.8 Å². The average Bonchev–Trinajstić information content (AvgIpc) is 1.67. The van der Waals surface area contributed by atoms with Gasteiger partial charge in [-0.1, -0.05) is 72.8 Å². The maximum Gasteiger partial charge on any atom is 0.407 e. The van der Waals surface area contributed by atoms with Crippen LogP contribution in [0.25, 0.3) is 104 Å². The molecule has 9 aromatic heterocycles. The molecule has 0 fully saturated rings. The van der Waals surface area contributed by atoms with Crippen LogP contribution in [-0.2, 0) is 31.0 Å². The molecule has 0 aliphatic heterocycles. The number of nitrogens with two attached hydrogens (primary N) is 3. The van der Waals surface area contributed by atoms with Crippen molar-refractivity contribution in [1.29, 1.82) is 5.26 Å². The van der Waals surface area contributed by atoms with Crippen LogP contribution in [-0.4, -0.2) is 133 Å². The summed E-state index contributed by atoms with van der Waals surface area (Å²) in [6.07, 6.45) is 6.68. The molecule has 0 unspecified atom stereocenters. The lowest BCUT2D eigenvalue weighted by Gasteiger charge is -2.19. The van der Waals surface area contributed by atoms with Crippen LogP contribution in [0, 0.1) is 17.9 Å². The second-order valence-corrected chi connectivity index (χ2v) is 27.2. The first-order chi connectivity index (χ1) is 54.6. The number of aliphatic hydroxyl groups excluding tert-OH is 2. The minimum absolute atomic E-state index is 0.0858. The second kappa shape index (κ2) is 35.8. The van der Waals surface area contributed by atoms with Gasteiger partial charge in [-0.25, -0.2) is 29.6 Å². The number of hydrogen-bond acceptors (Lipinski definition) is 27. The summed E-state index contributed by atoms with van der Waals surface area (Å²) in [5, 5.41) is 34.4. The third kappa shape index (κ3) is 18.9. The predicted octanol–water partition coefficient (Wildman–Crippen LogP) is 13.8. The summed E-state index contributed by atoms with van der Waals surface area (Å²) in [6.45, 7) is 11.2. The molecule has 0 spiro atoms.